The van der Waals surface area contributed by atoms with E-state index >= 15 is 0 Å². The molecule has 0 amide bonds. The van der Waals surface area contributed by atoms with E-state index in [2.05, 4.69) is 0 Å². The number of benzene rings is 2. The zero-order valence-corrected chi connectivity index (χ0v) is 16.1. The van der Waals surface area contributed by atoms with Gasteiger partial charge in [0.25, 0.3) is 0 Å². The molecule has 0 unspecified atom stereocenters. The zero-order valence-electron chi connectivity index (χ0n) is 16.1. The van der Waals surface area contributed by atoms with Gasteiger partial charge in [-0.15, -0.1) is 0 Å². The Kier molecular flexibility index (Phi) is 6.45. The summed E-state index contributed by atoms with van der Waals surface area (Å²) < 4.78 is 15.7. The molecule has 6 heteroatoms. The molecule has 0 aromatic heterocycles. The number of rotatable bonds is 8. The standard InChI is InChI=1S/C21H24O6/c1-12(13(2)23)21(14-6-7-18(25-3)20(8-14)27-5)16-10-17(24)19(26-4)9-15(16)11-22/h6-12,21,24H,1-5H3/t12-,21+/m0/s1. The molecule has 0 aliphatic heterocycles. The van der Waals surface area contributed by atoms with Crippen LogP contribution in [0.1, 0.15) is 41.3 Å². The summed E-state index contributed by atoms with van der Waals surface area (Å²) in [5.74, 6) is 0.238. The van der Waals surface area contributed by atoms with Crippen molar-refractivity contribution in [1.29, 1.82) is 0 Å². The third kappa shape index (κ3) is 4.05. The number of aromatic hydroxyl groups is 1. The van der Waals surface area contributed by atoms with Crippen molar-refractivity contribution in [3.8, 4) is 23.0 Å². The van der Waals surface area contributed by atoms with E-state index in [0.29, 0.717) is 28.9 Å². The number of carbonyl (C=O) groups is 2. The fourth-order valence-electron chi connectivity index (χ4n) is 3.15. The smallest absolute Gasteiger partial charge is 0.161 e. The molecule has 0 spiro atoms. The van der Waals surface area contributed by atoms with Gasteiger partial charge in [-0.05, 0) is 42.3 Å². The maximum Gasteiger partial charge on any atom is 0.161 e. The predicted octanol–water partition coefficient (Wildman–Crippen LogP) is 3.59. The lowest BCUT2D eigenvalue weighted by Crippen LogP contribution is -2.20. The first-order valence-electron chi connectivity index (χ1n) is 8.46. The number of hydrogen-bond acceptors (Lipinski definition) is 6. The van der Waals surface area contributed by atoms with Crippen molar-refractivity contribution < 1.29 is 28.9 Å². The van der Waals surface area contributed by atoms with Gasteiger partial charge in [0, 0.05) is 17.4 Å². The highest BCUT2D eigenvalue weighted by atomic mass is 16.5. The van der Waals surface area contributed by atoms with Crippen LogP contribution in [-0.2, 0) is 4.79 Å². The summed E-state index contributed by atoms with van der Waals surface area (Å²) in [7, 11) is 4.48. The van der Waals surface area contributed by atoms with Crippen molar-refractivity contribution in [2.24, 2.45) is 5.92 Å². The number of methoxy groups -OCH3 is 3. The number of ether oxygens (including phenoxy) is 3. The Morgan fingerprint density at radius 3 is 2.15 bits per heavy atom. The van der Waals surface area contributed by atoms with E-state index in [1.807, 2.05) is 6.07 Å². The first-order valence-corrected chi connectivity index (χ1v) is 8.46. The van der Waals surface area contributed by atoms with Crippen LogP contribution in [0.5, 0.6) is 23.0 Å². The van der Waals surface area contributed by atoms with Crippen LogP contribution in [-0.4, -0.2) is 38.5 Å². The molecule has 2 aromatic carbocycles. The molecule has 2 aromatic rings. The Labute approximate surface area is 158 Å². The maximum atomic E-state index is 12.2. The van der Waals surface area contributed by atoms with Crippen LogP contribution in [0, 0.1) is 5.92 Å². The van der Waals surface area contributed by atoms with Crippen LogP contribution >= 0.6 is 0 Å². The lowest BCUT2D eigenvalue weighted by atomic mass is 9.78. The first kappa shape index (κ1) is 20.3. The number of ketones is 1. The van der Waals surface area contributed by atoms with Gasteiger partial charge >= 0.3 is 0 Å². The van der Waals surface area contributed by atoms with Crippen molar-refractivity contribution >= 4 is 12.1 Å². The second kappa shape index (κ2) is 8.58. The summed E-state index contributed by atoms with van der Waals surface area (Å²) in [4.78, 5) is 23.9. The topological polar surface area (TPSA) is 82.1 Å². The monoisotopic (exact) mass is 372 g/mol. The molecule has 0 bridgehead atoms. The summed E-state index contributed by atoms with van der Waals surface area (Å²) in [6.45, 7) is 3.29. The van der Waals surface area contributed by atoms with E-state index in [9.17, 15) is 14.7 Å². The zero-order chi connectivity index (χ0) is 20.1. The number of Topliss-reactive ketones (excluding diaryl/α,β-unsaturated/α-hetero) is 1. The molecule has 1 N–H and O–H groups in total. The molecule has 6 nitrogen and oxygen atoms in total. The Balaban J connectivity index is 2.72. The summed E-state index contributed by atoms with van der Waals surface area (Å²) in [6, 6.07) is 8.29. The van der Waals surface area contributed by atoms with Crippen molar-refractivity contribution in [3.05, 3.63) is 47.0 Å². The second-order valence-electron chi connectivity index (χ2n) is 6.26. The molecule has 0 heterocycles. The van der Waals surface area contributed by atoms with Gasteiger partial charge < -0.3 is 19.3 Å². The van der Waals surface area contributed by atoms with Crippen molar-refractivity contribution in [2.75, 3.05) is 21.3 Å². The van der Waals surface area contributed by atoms with Gasteiger partial charge in [-0.3, -0.25) is 9.59 Å². The fraction of sp³-hybridized carbons (Fsp3) is 0.333. The molecule has 27 heavy (non-hydrogen) atoms. The average molecular weight is 372 g/mol. The van der Waals surface area contributed by atoms with Crippen LogP contribution in [0.2, 0.25) is 0 Å². The second-order valence-corrected chi connectivity index (χ2v) is 6.26. The van der Waals surface area contributed by atoms with Crippen LogP contribution in [0.15, 0.2) is 30.3 Å². The summed E-state index contributed by atoms with van der Waals surface area (Å²) in [5.41, 5.74) is 1.65. The SMILES string of the molecule is COc1cc(C=O)c([C@@H](c2ccc(OC)c(OC)c2)[C@@H](C)C(C)=O)cc1O. The molecule has 0 aliphatic rings. The van der Waals surface area contributed by atoms with E-state index in [4.69, 9.17) is 14.2 Å². The highest BCUT2D eigenvalue weighted by Crippen LogP contribution is 2.41. The lowest BCUT2D eigenvalue weighted by Gasteiger charge is -2.26. The quantitative estimate of drug-likeness (QED) is 0.713. The molecule has 0 fully saturated rings. The number of aldehydes is 1. The number of hydrogen-bond donors (Lipinski definition) is 1. The van der Waals surface area contributed by atoms with Crippen molar-refractivity contribution in [3.63, 3.8) is 0 Å². The lowest BCUT2D eigenvalue weighted by molar-refractivity contribution is -0.120. The summed E-state index contributed by atoms with van der Waals surface area (Å²) >= 11 is 0. The Morgan fingerprint density at radius 2 is 1.63 bits per heavy atom. The summed E-state index contributed by atoms with van der Waals surface area (Å²) in [6.07, 6.45) is 0.692. The molecule has 0 aliphatic carbocycles. The molecule has 0 saturated carbocycles. The van der Waals surface area contributed by atoms with Gasteiger partial charge in [-0.25, -0.2) is 0 Å². The molecule has 2 atom stereocenters. The molecule has 144 valence electrons. The van der Waals surface area contributed by atoms with E-state index in [-0.39, 0.29) is 17.3 Å². The molecule has 2 rings (SSSR count). The molecule has 0 saturated heterocycles. The number of phenols is 1. The minimum Gasteiger partial charge on any atom is -0.504 e. The third-order valence-corrected chi connectivity index (χ3v) is 4.75. The number of carbonyl (C=O) groups excluding carboxylic acids is 2. The van der Waals surface area contributed by atoms with Crippen molar-refractivity contribution in [1.82, 2.24) is 0 Å². The fourth-order valence-corrected chi connectivity index (χ4v) is 3.15. The molecular formula is C21H24O6. The van der Waals surface area contributed by atoms with Gasteiger partial charge in [0.05, 0.1) is 21.3 Å². The molecular weight excluding hydrogens is 348 g/mol. The Hall–Kier alpha value is -3.02. The van der Waals surface area contributed by atoms with Crippen LogP contribution < -0.4 is 14.2 Å². The van der Waals surface area contributed by atoms with E-state index in [1.54, 1.807) is 26.2 Å². The van der Waals surface area contributed by atoms with E-state index in [1.165, 1.54) is 33.3 Å². The highest BCUT2D eigenvalue weighted by Gasteiger charge is 2.29. The minimum absolute atomic E-state index is 0.0399. The minimum atomic E-state index is -0.459. The third-order valence-electron chi connectivity index (χ3n) is 4.75. The van der Waals surface area contributed by atoms with Crippen LogP contribution in [0.25, 0.3) is 0 Å². The summed E-state index contributed by atoms with van der Waals surface area (Å²) in [5, 5.41) is 10.2. The Morgan fingerprint density at radius 1 is 1.00 bits per heavy atom. The van der Waals surface area contributed by atoms with Crippen molar-refractivity contribution in [2.45, 2.75) is 19.8 Å². The predicted molar refractivity (Wildman–Crippen MR) is 101 cm³/mol. The average Bonchev–Trinajstić information content (AvgIpc) is 2.67. The first-order chi connectivity index (χ1) is 12.9. The van der Waals surface area contributed by atoms with Gasteiger partial charge in [-0.1, -0.05) is 13.0 Å². The number of phenolic OH excluding ortho intramolecular Hbond substituents is 1. The van der Waals surface area contributed by atoms with Gasteiger partial charge in [0.2, 0.25) is 0 Å². The maximum absolute atomic E-state index is 12.2. The van der Waals surface area contributed by atoms with E-state index in [0.717, 1.165) is 5.56 Å². The Bertz CT molecular complexity index is 843. The van der Waals surface area contributed by atoms with Gasteiger partial charge in [0.1, 0.15) is 12.1 Å². The normalized spacial score (nSPS) is 12.8. The van der Waals surface area contributed by atoms with Gasteiger partial charge in [0.15, 0.2) is 23.0 Å². The van der Waals surface area contributed by atoms with Crippen LogP contribution in [0.3, 0.4) is 0 Å². The largest absolute Gasteiger partial charge is 0.504 e. The molecule has 0 radical (unpaired) electrons. The highest BCUT2D eigenvalue weighted by molar-refractivity contribution is 5.83. The van der Waals surface area contributed by atoms with E-state index < -0.39 is 11.8 Å². The van der Waals surface area contributed by atoms with Gasteiger partial charge in [-0.2, -0.15) is 0 Å². The van der Waals surface area contributed by atoms with Crippen LogP contribution in [0.4, 0.5) is 0 Å².